The number of primary amides is 1. The van der Waals surface area contributed by atoms with Gasteiger partial charge in [-0.2, -0.15) is 0 Å². The molecule has 0 bridgehead atoms. The Kier molecular flexibility index (Phi) is 23.4. The van der Waals surface area contributed by atoms with Gasteiger partial charge in [-0.3, -0.25) is 4.79 Å². The zero-order valence-corrected chi connectivity index (χ0v) is 15.7. The second kappa shape index (κ2) is 22.1. The average molecular weight is 344 g/mol. The Hall–Kier alpha value is -0.870. The van der Waals surface area contributed by atoms with E-state index >= 15 is 0 Å². The molecule has 0 fully saturated rings. The van der Waals surface area contributed by atoms with E-state index in [-0.39, 0.29) is 0 Å². The van der Waals surface area contributed by atoms with E-state index in [1.54, 1.807) is 0 Å². The maximum atomic E-state index is 10.6. The summed E-state index contributed by atoms with van der Waals surface area (Å²) in [5.41, 5.74) is 5.00. The minimum atomic E-state index is -0.955. The maximum absolute atomic E-state index is 10.6. The zero-order valence-electron chi connectivity index (χ0n) is 15.7. The first-order valence-electron chi connectivity index (χ1n) is 9.76. The van der Waals surface area contributed by atoms with Crippen molar-refractivity contribution in [3.05, 3.63) is 13.2 Å². The van der Waals surface area contributed by atoms with Crippen LogP contribution in [-0.4, -0.2) is 28.8 Å². The Morgan fingerprint density at radius 3 is 1.29 bits per heavy atom. The van der Waals surface area contributed by atoms with Crippen molar-refractivity contribution in [2.75, 3.05) is 6.61 Å². The van der Waals surface area contributed by atoms with Crippen molar-refractivity contribution in [3.63, 3.8) is 0 Å². The fraction of sp³-hybridized carbons (Fsp3) is 0.850. The molecule has 1 amide bonds. The number of carbonyl (C=O) groups excluding carboxylic acids is 1. The molecule has 0 aliphatic carbocycles. The number of carbonyl (C=O) groups is 1. The van der Waals surface area contributed by atoms with Gasteiger partial charge >= 0.3 is 0 Å². The van der Waals surface area contributed by atoms with Gasteiger partial charge in [0.2, 0.25) is 5.91 Å². The summed E-state index contributed by atoms with van der Waals surface area (Å²) in [7, 11) is 0. The van der Waals surface area contributed by atoms with Crippen LogP contribution in [0.4, 0.5) is 0 Å². The quantitative estimate of drug-likeness (QED) is 0.269. The van der Waals surface area contributed by atoms with Gasteiger partial charge in [0.15, 0.2) is 0 Å². The fourth-order valence-electron chi connectivity index (χ4n) is 2.71. The van der Waals surface area contributed by atoms with Gasteiger partial charge in [-0.25, -0.2) is 0 Å². The molecule has 0 saturated carbocycles. The molecule has 1 unspecified atom stereocenters. The molecule has 0 aliphatic heterocycles. The summed E-state index contributed by atoms with van der Waals surface area (Å²) >= 11 is 0. The van der Waals surface area contributed by atoms with Crippen LogP contribution in [-0.2, 0) is 4.79 Å². The smallest absolute Gasteiger partial charge is 0.246 e. The Balaban J connectivity index is 0. The van der Waals surface area contributed by atoms with E-state index in [0.717, 1.165) is 19.3 Å². The van der Waals surface area contributed by atoms with Gasteiger partial charge in [0.05, 0.1) is 0 Å². The minimum absolute atomic E-state index is 0.339. The number of hydrogen-bond acceptors (Lipinski definition) is 3. The Bertz CT molecular complexity index is 259. The first-order chi connectivity index (χ1) is 11.7. The predicted octanol–water partition coefficient (Wildman–Crippen LogP) is 4.48. The van der Waals surface area contributed by atoms with Gasteiger partial charge in [-0.05, 0) is 12.8 Å². The van der Waals surface area contributed by atoms with Crippen LogP contribution >= 0.6 is 0 Å². The van der Waals surface area contributed by atoms with E-state index in [1.165, 1.54) is 70.6 Å². The Morgan fingerprint density at radius 2 is 1.00 bits per heavy atom. The molecular formula is C20H41NO3. The Labute approximate surface area is 149 Å². The molecule has 0 spiro atoms. The molecule has 24 heavy (non-hydrogen) atoms. The highest BCUT2D eigenvalue weighted by Gasteiger charge is 2.09. The molecule has 0 aromatic carbocycles. The first kappa shape index (κ1) is 25.4. The first-order valence-corrected chi connectivity index (χ1v) is 9.76. The van der Waals surface area contributed by atoms with E-state index in [2.05, 4.69) is 13.2 Å². The number of nitrogens with two attached hydrogens (primary N) is 1. The average Bonchev–Trinajstić information content (AvgIpc) is 2.59. The van der Waals surface area contributed by atoms with Gasteiger partial charge in [0, 0.05) is 6.61 Å². The highest BCUT2D eigenvalue weighted by atomic mass is 16.3. The number of rotatable bonds is 17. The number of aliphatic hydroxyl groups excluding tert-OH is 2. The van der Waals surface area contributed by atoms with Gasteiger partial charge in [0.1, 0.15) is 6.10 Å². The molecule has 0 heterocycles. The predicted molar refractivity (Wildman–Crippen MR) is 103 cm³/mol. The number of unbranched alkanes of at least 4 members (excludes halogenated alkanes) is 13. The number of aliphatic hydroxyl groups is 2. The SMILES string of the molecule is C=C.NC(=O)C(O)CCCCCCCCCCCCCCCCO. The summed E-state index contributed by atoms with van der Waals surface area (Å²) in [5.74, 6) is -0.603. The normalized spacial score (nSPS) is 11.6. The van der Waals surface area contributed by atoms with Crippen molar-refractivity contribution in [2.24, 2.45) is 5.73 Å². The van der Waals surface area contributed by atoms with Crippen molar-refractivity contribution in [1.29, 1.82) is 0 Å². The lowest BCUT2D eigenvalue weighted by atomic mass is 10.0. The Morgan fingerprint density at radius 1 is 0.708 bits per heavy atom. The second-order valence-electron chi connectivity index (χ2n) is 6.38. The summed E-state index contributed by atoms with van der Waals surface area (Å²) < 4.78 is 0. The van der Waals surface area contributed by atoms with Gasteiger partial charge < -0.3 is 15.9 Å². The van der Waals surface area contributed by atoms with Crippen LogP contribution in [0.25, 0.3) is 0 Å². The van der Waals surface area contributed by atoms with Crippen LogP contribution in [0.15, 0.2) is 13.2 Å². The van der Waals surface area contributed by atoms with E-state index in [1.807, 2.05) is 0 Å². The summed E-state index contributed by atoms with van der Waals surface area (Å²) in [6, 6.07) is 0. The van der Waals surface area contributed by atoms with Crippen LogP contribution in [0.3, 0.4) is 0 Å². The van der Waals surface area contributed by atoms with E-state index in [4.69, 9.17) is 10.8 Å². The van der Waals surface area contributed by atoms with Crippen LogP contribution in [0, 0.1) is 0 Å². The van der Waals surface area contributed by atoms with Crippen molar-refractivity contribution in [3.8, 4) is 0 Å². The molecule has 4 nitrogen and oxygen atoms in total. The van der Waals surface area contributed by atoms with Crippen molar-refractivity contribution < 1.29 is 15.0 Å². The molecular weight excluding hydrogens is 302 g/mol. The highest BCUT2D eigenvalue weighted by molar-refractivity contribution is 5.78. The van der Waals surface area contributed by atoms with Gasteiger partial charge in [0.25, 0.3) is 0 Å². The lowest BCUT2D eigenvalue weighted by Crippen LogP contribution is -2.27. The molecule has 0 rings (SSSR count). The third kappa shape index (κ3) is 21.1. The van der Waals surface area contributed by atoms with Crippen LogP contribution in [0.2, 0.25) is 0 Å². The summed E-state index contributed by atoms with van der Waals surface area (Å²) in [5, 5.41) is 17.9. The molecule has 144 valence electrons. The lowest BCUT2D eigenvalue weighted by molar-refractivity contribution is -0.126. The van der Waals surface area contributed by atoms with Crippen molar-refractivity contribution in [2.45, 2.75) is 102 Å². The lowest BCUT2D eigenvalue weighted by Gasteiger charge is -2.06. The van der Waals surface area contributed by atoms with E-state index in [0.29, 0.717) is 13.0 Å². The third-order valence-corrected chi connectivity index (χ3v) is 4.21. The van der Waals surface area contributed by atoms with E-state index in [9.17, 15) is 9.90 Å². The standard InChI is InChI=1S/C18H37NO3.C2H4/c19-18(22)17(21)15-13-11-9-7-5-3-1-2-4-6-8-10-12-14-16-20;1-2/h17,20-21H,1-16H2,(H2,19,22);1-2H2. The molecule has 0 aromatic heterocycles. The van der Waals surface area contributed by atoms with Gasteiger partial charge in [-0.15, -0.1) is 13.2 Å². The molecule has 4 heteroatoms. The summed E-state index contributed by atoms with van der Waals surface area (Å²) in [6.45, 7) is 6.34. The fourth-order valence-corrected chi connectivity index (χ4v) is 2.71. The van der Waals surface area contributed by atoms with E-state index < -0.39 is 12.0 Å². The largest absolute Gasteiger partial charge is 0.396 e. The molecule has 0 saturated heterocycles. The maximum Gasteiger partial charge on any atom is 0.246 e. The van der Waals surface area contributed by atoms with Crippen LogP contribution < -0.4 is 5.73 Å². The highest BCUT2D eigenvalue weighted by Crippen LogP contribution is 2.13. The van der Waals surface area contributed by atoms with Crippen molar-refractivity contribution in [1.82, 2.24) is 0 Å². The zero-order chi connectivity index (χ0) is 18.5. The summed E-state index contributed by atoms with van der Waals surface area (Å²) in [6.07, 6.45) is 16.7. The molecule has 0 aliphatic rings. The molecule has 4 N–H and O–H groups in total. The summed E-state index contributed by atoms with van der Waals surface area (Å²) in [4.78, 5) is 10.6. The van der Waals surface area contributed by atoms with Crippen LogP contribution in [0.5, 0.6) is 0 Å². The third-order valence-electron chi connectivity index (χ3n) is 4.21. The van der Waals surface area contributed by atoms with Crippen molar-refractivity contribution >= 4 is 5.91 Å². The molecule has 1 atom stereocenters. The number of amides is 1. The van der Waals surface area contributed by atoms with Gasteiger partial charge in [-0.1, -0.05) is 83.5 Å². The minimum Gasteiger partial charge on any atom is -0.396 e. The monoisotopic (exact) mass is 343 g/mol. The van der Waals surface area contributed by atoms with Crippen LogP contribution in [0.1, 0.15) is 96.3 Å². The second-order valence-corrected chi connectivity index (χ2v) is 6.38. The topological polar surface area (TPSA) is 83.6 Å². The molecule has 0 aromatic rings. The number of hydrogen-bond donors (Lipinski definition) is 3. The molecule has 0 radical (unpaired) electrons.